The molecule has 0 saturated carbocycles. The molecule has 5 heterocycles. The van der Waals surface area contributed by atoms with E-state index >= 15 is 0 Å². The van der Waals surface area contributed by atoms with Gasteiger partial charge in [-0.3, -0.25) is 18.5 Å². The van der Waals surface area contributed by atoms with Crippen LogP contribution >= 0.6 is 15.6 Å². The smallest absolute Gasteiger partial charge is 0.478 e. The number of nitrogens with two attached hydrogens (primary N) is 1. The number of aliphatic hydroxyl groups excluding tert-OH is 4. The number of fused-ring (bicyclic) bond motifs is 1. The fourth-order valence-corrected chi connectivity index (χ4v) is 6.92. The Kier molecular flexibility index (Phi) is 9.34. The van der Waals surface area contributed by atoms with Crippen molar-refractivity contribution < 1.29 is 77.0 Å². The topological polar surface area (TPSA) is 313 Å². The van der Waals surface area contributed by atoms with Crippen LogP contribution in [-0.2, 0) is 36.8 Å². The number of quaternary nitrogens is 1. The van der Waals surface area contributed by atoms with E-state index in [2.05, 4.69) is 23.8 Å². The van der Waals surface area contributed by atoms with E-state index < -0.39 is 83.9 Å². The van der Waals surface area contributed by atoms with Crippen molar-refractivity contribution >= 4 is 38.6 Å². The van der Waals surface area contributed by atoms with Gasteiger partial charge in [0.05, 0.1) is 31.3 Å². The number of anilines is 1. The molecule has 44 heavy (non-hydrogen) atoms. The van der Waals surface area contributed by atoms with E-state index in [-0.39, 0.29) is 29.1 Å². The average molecular weight is 667 g/mol. The van der Waals surface area contributed by atoms with Crippen LogP contribution in [0.5, 0.6) is 0 Å². The van der Waals surface area contributed by atoms with Crippen LogP contribution < -0.4 is 10.6 Å². The number of allylic oxidation sites excluding steroid dienone is 2. The summed E-state index contributed by atoms with van der Waals surface area (Å²) in [5.41, 5.74) is 6.11. The number of nitrogen functional groups attached to an aromatic ring is 1. The molecular formula is C21H29N6O15P2+. The lowest BCUT2D eigenvalue weighted by atomic mass is 10.1. The number of hydrogen-bond acceptors (Lipinski definition) is 16. The van der Waals surface area contributed by atoms with Crippen molar-refractivity contribution in [1.82, 2.24) is 19.5 Å². The van der Waals surface area contributed by atoms with Gasteiger partial charge >= 0.3 is 21.6 Å². The fourth-order valence-electron chi connectivity index (χ4n) is 4.83. The van der Waals surface area contributed by atoms with Crippen molar-refractivity contribution in [3.63, 3.8) is 0 Å². The van der Waals surface area contributed by atoms with Crippen molar-refractivity contribution in [2.24, 2.45) is 0 Å². The Labute approximate surface area is 246 Å². The van der Waals surface area contributed by atoms with E-state index in [1.807, 2.05) is 0 Å². The highest BCUT2D eigenvalue weighted by atomic mass is 31.3. The number of hydrogen-bond donors (Lipinski definition) is 9. The summed E-state index contributed by atoms with van der Waals surface area (Å²) in [7, 11) is -10.7. The minimum absolute atomic E-state index is 0.00923. The summed E-state index contributed by atoms with van der Waals surface area (Å²) < 4.78 is 50.8. The molecule has 0 aromatic carbocycles. The van der Waals surface area contributed by atoms with Gasteiger partial charge in [-0.1, -0.05) is 0 Å². The molecule has 3 aliphatic heterocycles. The standard InChI is InChI=1S/C21H28N6O15P2/c22-17-12-18(24-7-23-17)27(8-25-12)20-16(31)14(29)11(41-20)6-39-44(36,37)42-43(34,35)38-5-10-13(28)15(30)19(40-10)26-3-1-2-9(4-26)21(32)33/h1-3,7-8,10-11,13-16,19-20,28-31H,4-6H2,(H,32,33)(H,34,35)(H,36,37)(H2,22,23,24)/p+1/t10-,11-,13-,14-,15-,16-,19-,20-/m1/s1. The van der Waals surface area contributed by atoms with Gasteiger partial charge in [-0.25, -0.2) is 28.9 Å². The zero-order valence-corrected chi connectivity index (χ0v) is 24.1. The molecule has 0 aliphatic carbocycles. The molecule has 3 unspecified atom stereocenters. The summed E-state index contributed by atoms with van der Waals surface area (Å²) >= 11 is 0. The Hall–Kier alpha value is -2.72. The molecule has 23 heteroatoms. The first-order chi connectivity index (χ1) is 20.7. The number of ether oxygens (including phenoxy) is 2. The Balaban J connectivity index is 1.14. The minimum atomic E-state index is -5.37. The van der Waals surface area contributed by atoms with Crippen molar-refractivity contribution in [3.8, 4) is 0 Å². The normalized spacial score (nSPS) is 35.0. The van der Waals surface area contributed by atoms with Crippen molar-refractivity contribution in [2.75, 3.05) is 25.5 Å². The summed E-state index contributed by atoms with van der Waals surface area (Å²) in [6, 6.07) is 0. The summed E-state index contributed by atoms with van der Waals surface area (Å²) in [6.07, 6.45) is -5.12. The first kappa shape index (κ1) is 32.7. The summed E-state index contributed by atoms with van der Waals surface area (Å²) in [5.74, 6) is -1.14. The Morgan fingerprint density at radius 1 is 1.00 bits per heavy atom. The predicted octanol–water partition coefficient (Wildman–Crippen LogP) is -3.85. The van der Waals surface area contributed by atoms with Crippen molar-refractivity contribution in [2.45, 2.75) is 49.1 Å². The van der Waals surface area contributed by atoms with Gasteiger partial charge in [0, 0.05) is 0 Å². The Morgan fingerprint density at radius 3 is 2.30 bits per heavy atom. The maximum absolute atomic E-state index is 12.4. The minimum Gasteiger partial charge on any atom is -0.478 e. The number of nitrogens with one attached hydrogen (secondary N) is 1. The van der Waals surface area contributed by atoms with Crippen LogP contribution in [0, 0.1) is 0 Å². The number of aromatic nitrogens is 4. The van der Waals surface area contributed by atoms with Gasteiger partial charge in [0.1, 0.15) is 48.9 Å². The van der Waals surface area contributed by atoms with Gasteiger partial charge in [0.15, 0.2) is 23.8 Å². The molecule has 3 aliphatic rings. The van der Waals surface area contributed by atoms with Crippen molar-refractivity contribution in [3.05, 3.63) is 36.6 Å². The third kappa shape index (κ3) is 6.76. The molecule has 0 bridgehead atoms. The molecular weight excluding hydrogens is 638 g/mol. The number of nitrogens with zero attached hydrogens (tertiary/aromatic N) is 4. The van der Waals surface area contributed by atoms with E-state index in [1.54, 1.807) is 0 Å². The number of carboxylic acids is 1. The first-order valence-corrected chi connectivity index (χ1v) is 15.7. The molecule has 2 aromatic rings. The SMILES string of the molecule is Nc1ncnc2c1ncn2[C@@H]1O[C@H](COP(=O)(O)OP(=O)(O)OC[C@H]2O[C@@H]([NH+]3C=CC=C(C(=O)O)C3)[C@H](O)[C@@H]2O)[C@@H](O)[C@H]1O. The Bertz CT molecular complexity index is 1550. The maximum atomic E-state index is 12.4. The molecule has 10 N–H and O–H groups in total. The van der Waals surface area contributed by atoms with Crippen LogP contribution in [0.3, 0.4) is 0 Å². The molecule has 242 valence electrons. The second kappa shape index (κ2) is 12.6. The van der Waals surface area contributed by atoms with E-state index in [9.17, 15) is 49.2 Å². The molecule has 2 fully saturated rings. The van der Waals surface area contributed by atoms with E-state index in [4.69, 9.17) is 19.7 Å². The first-order valence-electron chi connectivity index (χ1n) is 12.8. The molecule has 2 saturated heterocycles. The molecule has 2 aromatic heterocycles. The Morgan fingerprint density at radius 2 is 1.64 bits per heavy atom. The molecule has 11 atom stereocenters. The van der Waals surface area contributed by atoms with Gasteiger partial charge in [0.2, 0.25) is 6.23 Å². The van der Waals surface area contributed by atoms with Gasteiger partial charge in [-0.2, -0.15) is 4.31 Å². The van der Waals surface area contributed by atoms with E-state index in [0.717, 1.165) is 6.33 Å². The van der Waals surface area contributed by atoms with Crippen LogP contribution in [0.25, 0.3) is 11.2 Å². The van der Waals surface area contributed by atoms with Gasteiger partial charge < -0.3 is 50.5 Å². The van der Waals surface area contributed by atoms with Gasteiger partial charge in [-0.05, 0) is 12.2 Å². The van der Waals surface area contributed by atoms with Crippen LogP contribution in [-0.4, -0.2) is 123 Å². The highest BCUT2D eigenvalue weighted by Gasteiger charge is 2.50. The molecule has 0 spiro atoms. The summed E-state index contributed by atoms with van der Waals surface area (Å²) in [4.78, 5) is 43.4. The monoisotopic (exact) mass is 667 g/mol. The average Bonchev–Trinajstić information content (AvgIpc) is 3.61. The zero-order chi connectivity index (χ0) is 32.0. The number of rotatable bonds is 11. The van der Waals surface area contributed by atoms with Crippen LogP contribution in [0.4, 0.5) is 5.82 Å². The van der Waals surface area contributed by atoms with Crippen molar-refractivity contribution in [1.29, 1.82) is 0 Å². The number of phosphoric ester groups is 2. The second-order valence-electron chi connectivity index (χ2n) is 9.92. The highest BCUT2D eigenvalue weighted by Crippen LogP contribution is 2.60. The van der Waals surface area contributed by atoms with Gasteiger partial charge in [0.25, 0.3) is 0 Å². The lowest BCUT2D eigenvalue weighted by molar-refractivity contribution is -0.898. The summed E-state index contributed by atoms with van der Waals surface area (Å²) in [5, 5.41) is 50.8. The summed E-state index contributed by atoms with van der Waals surface area (Å²) in [6.45, 7) is -1.89. The molecule has 0 radical (unpaired) electrons. The third-order valence-electron chi connectivity index (χ3n) is 7.01. The van der Waals surface area contributed by atoms with E-state index in [0.29, 0.717) is 4.90 Å². The van der Waals surface area contributed by atoms with E-state index in [1.165, 1.54) is 29.2 Å². The molecule has 0 amide bonds. The number of aliphatic hydroxyl groups is 4. The number of carbonyl (C=O) groups is 1. The fraction of sp³-hybridized carbons (Fsp3) is 0.524. The van der Waals surface area contributed by atoms with Crippen LogP contribution in [0.15, 0.2) is 36.6 Å². The largest absolute Gasteiger partial charge is 0.481 e. The molecule has 21 nitrogen and oxygen atoms in total. The molecule has 5 rings (SSSR count). The maximum Gasteiger partial charge on any atom is 0.481 e. The highest BCUT2D eigenvalue weighted by molar-refractivity contribution is 7.61. The lowest BCUT2D eigenvalue weighted by Crippen LogP contribution is -3.13. The second-order valence-corrected chi connectivity index (χ2v) is 13.0. The quantitative estimate of drug-likeness (QED) is 0.104. The van der Waals surface area contributed by atoms with Gasteiger partial charge in [-0.15, -0.1) is 0 Å². The van der Waals surface area contributed by atoms with Crippen LogP contribution in [0.1, 0.15) is 6.23 Å². The third-order valence-corrected chi connectivity index (χ3v) is 9.62. The number of phosphoric acid groups is 2. The number of imidazole rings is 1. The lowest BCUT2D eigenvalue weighted by Gasteiger charge is -2.25. The zero-order valence-electron chi connectivity index (χ0n) is 22.3. The number of aliphatic carboxylic acids is 1. The number of carboxylic acid groups (broad SMARTS) is 1. The predicted molar refractivity (Wildman–Crippen MR) is 140 cm³/mol. The van der Waals surface area contributed by atoms with Crippen LogP contribution in [0.2, 0.25) is 0 Å².